The van der Waals surface area contributed by atoms with Gasteiger partial charge in [0.1, 0.15) is 17.9 Å². The molecule has 0 aromatic heterocycles. The summed E-state index contributed by atoms with van der Waals surface area (Å²) in [4.78, 5) is 41.5. The second-order valence-corrected chi connectivity index (χ2v) is 8.21. The highest BCUT2D eigenvalue weighted by atomic mass is 16.2. The molecule has 0 saturated carbocycles. The minimum Gasteiger partial charge on any atom is -0.326 e. The van der Waals surface area contributed by atoms with Gasteiger partial charge in [-0.3, -0.25) is 14.4 Å². The smallest absolute Gasteiger partial charge is 0.291 e. The van der Waals surface area contributed by atoms with Crippen molar-refractivity contribution in [2.45, 2.75) is 25.4 Å². The number of para-hydroxylation sites is 2. The molecule has 3 heterocycles. The highest BCUT2D eigenvalue weighted by Gasteiger charge is 2.74. The van der Waals surface area contributed by atoms with Gasteiger partial charge in [-0.2, -0.15) is 0 Å². The van der Waals surface area contributed by atoms with E-state index in [4.69, 9.17) is 0 Å². The summed E-state index contributed by atoms with van der Waals surface area (Å²) in [7, 11) is 0. The number of hydrogen-bond donors (Lipinski definition) is 2. The lowest BCUT2D eigenvalue weighted by Crippen LogP contribution is -2.99. The van der Waals surface area contributed by atoms with Crippen molar-refractivity contribution < 1.29 is 19.7 Å². The monoisotopic (exact) mass is 376 g/mol. The summed E-state index contributed by atoms with van der Waals surface area (Å²) < 4.78 is 0. The lowest BCUT2D eigenvalue weighted by molar-refractivity contribution is -0.738. The molecule has 2 aromatic carbocycles. The van der Waals surface area contributed by atoms with E-state index < -0.39 is 17.4 Å². The lowest BCUT2D eigenvalue weighted by Gasteiger charge is -2.27. The average Bonchev–Trinajstić information content (AvgIpc) is 3.28. The molecule has 0 aliphatic carbocycles. The van der Waals surface area contributed by atoms with E-state index in [0.717, 1.165) is 11.3 Å². The van der Waals surface area contributed by atoms with E-state index in [9.17, 15) is 14.4 Å². The van der Waals surface area contributed by atoms with Crippen molar-refractivity contribution in [3.05, 3.63) is 60.2 Å². The predicted octanol–water partition coefficient (Wildman–Crippen LogP) is 1.24. The van der Waals surface area contributed by atoms with Crippen molar-refractivity contribution in [1.82, 2.24) is 0 Å². The van der Waals surface area contributed by atoms with E-state index in [1.165, 1.54) is 4.90 Å². The Morgan fingerprint density at radius 2 is 1.64 bits per heavy atom. The van der Waals surface area contributed by atoms with Crippen LogP contribution in [0.1, 0.15) is 19.4 Å². The van der Waals surface area contributed by atoms with Gasteiger partial charge in [0, 0.05) is 11.5 Å². The van der Waals surface area contributed by atoms with Crippen molar-refractivity contribution in [2.24, 2.45) is 17.8 Å². The second kappa shape index (κ2) is 5.75. The molecule has 6 nitrogen and oxygen atoms in total. The third-order valence-corrected chi connectivity index (χ3v) is 6.49. The van der Waals surface area contributed by atoms with Crippen LogP contribution in [0.5, 0.6) is 0 Å². The first-order chi connectivity index (χ1) is 13.5. The van der Waals surface area contributed by atoms with E-state index in [0.29, 0.717) is 5.69 Å². The van der Waals surface area contributed by atoms with Gasteiger partial charge < -0.3 is 10.6 Å². The summed E-state index contributed by atoms with van der Waals surface area (Å²) in [5.41, 5.74) is 1.00. The average molecular weight is 376 g/mol. The van der Waals surface area contributed by atoms with Crippen LogP contribution in [0.4, 0.5) is 11.4 Å². The Hall–Kier alpha value is -2.99. The van der Waals surface area contributed by atoms with Crippen LogP contribution < -0.4 is 15.5 Å². The van der Waals surface area contributed by atoms with Crippen LogP contribution >= 0.6 is 0 Å². The van der Waals surface area contributed by atoms with Crippen LogP contribution in [-0.2, 0) is 19.9 Å². The van der Waals surface area contributed by atoms with Gasteiger partial charge in [0.05, 0.1) is 11.4 Å². The van der Waals surface area contributed by atoms with Gasteiger partial charge in [-0.1, -0.05) is 50.2 Å². The highest BCUT2D eigenvalue weighted by molar-refractivity contribution is 6.25. The summed E-state index contributed by atoms with van der Waals surface area (Å²) in [5.74, 6) is -1.79. The van der Waals surface area contributed by atoms with Crippen LogP contribution in [0.15, 0.2) is 54.6 Å². The number of rotatable bonds is 2. The van der Waals surface area contributed by atoms with E-state index in [1.807, 2.05) is 61.6 Å². The standard InChI is InChI=1S/C22H21N3O3/c1-12(2)18-16-17(20(27)25(19(16)26)13-8-4-3-5-9-13)22(24-18)14-10-6-7-11-15(14)23-21(22)28/h3-12,16-18,24H,1-2H3,(H,23,28)/p+1/t16-,17-,18+,22-/m0/s1. The largest absolute Gasteiger partial charge is 0.326 e. The second-order valence-electron chi connectivity index (χ2n) is 8.21. The van der Waals surface area contributed by atoms with Crippen LogP contribution in [0.3, 0.4) is 0 Å². The number of nitrogens with zero attached hydrogens (tertiary/aromatic N) is 1. The molecule has 0 unspecified atom stereocenters. The van der Waals surface area contributed by atoms with Gasteiger partial charge >= 0.3 is 0 Å². The molecule has 142 valence electrons. The molecule has 3 aliphatic rings. The minimum atomic E-state index is -1.09. The van der Waals surface area contributed by atoms with Crippen LogP contribution in [0.2, 0.25) is 0 Å². The number of nitrogens with two attached hydrogens (primary N) is 1. The van der Waals surface area contributed by atoms with Gasteiger partial charge in [0.2, 0.25) is 17.4 Å². The Balaban J connectivity index is 1.70. The number of nitrogens with one attached hydrogen (secondary N) is 1. The molecule has 0 bridgehead atoms. The number of quaternary nitrogens is 1. The molecule has 0 radical (unpaired) electrons. The molecular weight excluding hydrogens is 354 g/mol. The fraction of sp³-hybridized carbons (Fsp3) is 0.318. The summed E-state index contributed by atoms with van der Waals surface area (Å²) >= 11 is 0. The number of fused-ring (bicyclic) bond motifs is 4. The first-order valence-corrected chi connectivity index (χ1v) is 9.66. The van der Waals surface area contributed by atoms with Gasteiger partial charge in [-0.05, 0) is 18.2 Å². The van der Waals surface area contributed by atoms with Gasteiger partial charge in [-0.25, -0.2) is 4.90 Å². The van der Waals surface area contributed by atoms with Gasteiger partial charge in [-0.15, -0.1) is 0 Å². The van der Waals surface area contributed by atoms with E-state index >= 15 is 0 Å². The van der Waals surface area contributed by atoms with Gasteiger partial charge in [0.25, 0.3) is 5.91 Å². The lowest BCUT2D eigenvalue weighted by atomic mass is 9.76. The molecule has 28 heavy (non-hydrogen) atoms. The Morgan fingerprint density at radius 1 is 0.964 bits per heavy atom. The predicted molar refractivity (Wildman–Crippen MR) is 103 cm³/mol. The van der Waals surface area contributed by atoms with Gasteiger partial charge in [0.15, 0.2) is 0 Å². The van der Waals surface area contributed by atoms with Crippen molar-refractivity contribution >= 4 is 29.1 Å². The number of anilines is 2. The number of hydrogen-bond acceptors (Lipinski definition) is 3. The molecule has 2 saturated heterocycles. The molecule has 3 N–H and O–H groups in total. The molecule has 3 aliphatic heterocycles. The zero-order chi connectivity index (χ0) is 19.6. The Morgan fingerprint density at radius 3 is 2.36 bits per heavy atom. The fourth-order valence-electron chi connectivity index (χ4n) is 5.28. The molecule has 5 rings (SSSR count). The third-order valence-electron chi connectivity index (χ3n) is 6.49. The number of amides is 3. The number of imide groups is 1. The Kier molecular flexibility index (Phi) is 3.52. The highest BCUT2D eigenvalue weighted by Crippen LogP contribution is 2.50. The number of benzene rings is 2. The van der Waals surface area contributed by atoms with Crippen molar-refractivity contribution in [2.75, 3.05) is 10.2 Å². The molecule has 6 heteroatoms. The topological polar surface area (TPSA) is 83.1 Å². The molecule has 3 amide bonds. The summed E-state index contributed by atoms with van der Waals surface area (Å²) in [6.45, 7) is 4.08. The quantitative estimate of drug-likeness (QED) is 0.774. The van der Waals surface area contributed by atoms with Crippen LogP contribution in [0.25, 0.3) is 0 Å². The Bertz CT molecular complexity index is 1000. The maximum absolute atomic E-state index is 13.6. The number of carbonyl (C=O) groups is 3. The number of carbonyl (C=O) groups excluding carboxylic acids is 3. The molecule has 2 fully saturated rings. The van der Waals surface area contributed by atoms with E-state index in [-0.39, 0.29) is 29.7 Å². The van der Waals surface area contributed by atoms with Crippen molar-refractivity contribution in [3.63, 3.8) is 0 Å². The van der Waals surface area contributed by atoms with Crippen LogP contribution in [0, 0.1) is 17.8 Å². The normalized spacial score (nSPS) is 30.9. The Labute approximate surface area is 162 Å². The van der Waals surface area contributed by atoms with E-state index in [2.05, 4.69) is 5.32 Å². The zero-order valence-corrected chi connectivity index (χ0v) is 15.8. The first-order valence-electron chi connectivity index (χ1n) is 9.66. The maximum Gasteiger partial charge on any atom is 0.291 e. The SMILES string of the molecule is CC(C)[C@H]1[NH2+][C@]2(C(=O)Nc3ccccc32)[C@@H]2C(=O)N(c3ccccc3)C(=O)[C@H]12. The first kappa shape index (κ1) is 17.1. The maximum atomic E-state index is 13.6. The minimum absolute atomic E-state index is 0.139. The molecular formula is C22H22N3O3+. The van der Waals surface area contributed by atoms with E-state index in [1.54, 1.807) is 12.1 Å². The molecule has 4 atom stereocenters. The van der Waals surface area contributed by atoms with Crippen molar-refractivity contribution in [3.8, 4) is 0 Å². The van der Waals surface area contributed by atoms with Crippen molar-refractivity contribution in [1.29, 1.82) is 0 Å². The van der Waals surface area contributed by atoms with Crippen LogP contribution in [-0.4, -0.2) is 23.8 Å². The summed E-state index contributed by atoms with van der Waals surface area (Å²) in [5, 5.41) is 4.92. The molecule has 2 aromatic rings. The summed E-state index contributed by atoms with van der Waals surface area (Å²) in [6, 6.07) is 16.3. The summed E-state index contributed by atoms with van der Waals surface area (Å²) in [6.07, 6.45) is 0. The zero-order valence-electron chi connectivity index (χ0n) is 15.8. The molecule has 1 spiro atoms. The third kappa shape index (κ3) is 1.98. The fourth-order valence-corrected chi connectivity index (χ4v) is 5.28.